The second kappa shape index (κ2) is 6.36. The van der Waals surface area contributed by atoms with Crippen molar-refractivity contribution < 1.29 is 9.59 Å². The van der Waals surface area contributed by atoms with Crippen LogP contribution in [0.5, 0.6) is 0 Å². The average molecular weight is 260 g/mol. The Balaban J connectivity index is 1.87. The molecule has 1 aliphatic rings. The summed E-state index contributed by atoms with van der Waals surface area (Å²) in [6, 6.07) is 7.90. The molecule has 4 nitrogen and oxygen atoms in total. The van der Waals surface area contributed by atoms with Crippen molar-refractivity contribution in [2.45, 2.75) is 32.6 Å². The summed E-state index contributed by atoms with van der Waals surface area (Å²) >= 11 is 0. The first-order valence-electron chi connectivity index (χ1n) is 6.79. The van der Waals surface area contributed by atoms with Crippen LogP contribution in [0.4, 0.5) is 11.4 Å². The molecule has 0 bridgehead atoms. The summed E-state index contributed by atoms with van der Waals surface area (Å²) in [5.74, 6) is -0.0661. The number of hydrogen-bond donors (Lipinski definition) is 1. The smallest absolute Gasteiger partial charge is 0.224 e. The van der Waals surface area contributed by atoms with E-state index in [4.69, 9.17) is 0 Å². The molecule has 1 fully saturated rings. The van der Waals surface area contributed by atoms with Crippen molar-refractivity contribution in [3.05, 3.63) is 24.3 Å². The first kappa shape index (κ1) is 13.6. The largest absolute Gasteiger partial charge is 0.372 e. The number of nitrogens with zero attached hydrogens (tertiary/aromatic N) is 1. The Morgan fingerprint density at radius 1 is 1.11 bits per heavy atom. The second-order valence-electron chi connectivity index (χ2n) is 4.99. The van der Waals surface area contributed by atoms with E-state index in [1.54, 1.807) is 0 Å². The van der Waals surface area contributed by atoms with E-state index in [0.717, 1.165) is 18.8 Å². The van der Waals surface area contributed by atoms with Gasteiger partial charge in [-0.1, -0.05) is 0 Å². The van der Waals surface area contributed by atoms with Gasteiger partial charge >= 0.3 is 0 Å². The highest BCUT2D eigenvalue weighted by Gasteiger charge is 2.12. The van der Waals surface area contributed by atoms with Crippen molar-refractivity contribution in [2.75, 3.05) is 23.3 Å². The molecule has 1 aromatic rings. The highest BCUT2D eigenvalue weighted by molar-refractivity contribution is 5.93. The summed E-state index contributed by atoms with van der Waals surface area (Å²) in [5, 5.41) is 2.81. The van der Waals surface area contributed by atoms with Gasteiger partial charge in [0.25, 0.3) is 0 Å². The van der Waals surface area contributed by atoms with Crippen molar-refractivity contribution in [3.63, 3.8) is 0 Å². The molecule has 0 unspecified atom stereocenters. The number of benzene rings is 1. The van der Waals surface area contributed by atoms with Gasteiger partial charge in [0.1, 0.15) is 5.78 Å². The van der Waals surface area contributed by atoms with Crippen molar-refractivity contribution in [1.29, 1.82) is 0 Å². The minimum absolute atomic E-state index is 0.0412. The molecule has 102 valence electrons. The van der Waals surface area contributed by atoms with E-state index in [2.05, 4.69) is 10.2 Å². The third-order valence-electron chi connectivity index (χ3n) is 3.33. The van der Waals surface area contributed by atoms with E-state index in [-0.39, 0.29) is 18.1 Å². The van der Waals surface area contributed by atoms with E-state index in [1.165, 1.54) is 25.5 Å². The van der Waals surface area contributed by atoms with Crippen LogP contribution < -0.4 is 10.2 Å². The second-order valence-corrected chi connectivity index (χ2v) is 4.99. The number of ketones is 1. The van der Waals surface area contributed by atoms with E-state index >= 15 is 0 Å². The normalized spacial score (nSPS) is 14.5. The molecule has 4 heteroatoms. The maximum absolute atomic E-state index is 11.6. The summed E-state index contributed by atoms with van der Waals surface area (Å²) in [4.78, 5) is 24.7. The lowest BCUT2D eigenvalue weighted by molar-refractivity contribution is -0.121. The number of hydrogen-bond acceptors (Lipinski definition) is 3. The average Bonchev–Trinajstić information content (AvgIpc) is 2.91. The fraction of sp³-hybridized carbons (Fsp3) is 0.467. The Morgan fingerprint density at radius 3 is 2.32 bits per heavy atom. The Morgan fingerprint density at radius 2 is 1.74 bits per heavy atom. The topological polar surface area (TPSA) is 49.4 Å². The molecule has 0 aromatic heterocycles. The SMILES string of the molecule is CC(=O)CCC(=O)Nc1ccc(N2CCCC2)cc1. The van der Waals surface area contributed by atoms with Crippen LogP contribution in [0.3, 0.4) is 0 Å². The van der Waals surface area contributed by atoms with Crippen LogP contribution in [-0.4, -0.2) is 24.8 Å². The van der Waals surface area contributed by atoms with Crippen LogP contribution >= 0.6 is 0 Å². The summed E-state index contributed by atoms with van der Waals surface area (Å²) in [7, 11) is 0. The van der Waals surface area contributed by atoms with Crippen molar-refractivity contribution >= 4 is 23.1 Å². The molecule has 1 N–H and O–H groups in total. The van der Waals surface area contributed by atoms with Gasteiger partial charge in [-0.3, -0.25) is 4.79 Å². The van der Waals surface area contributed by atoms with Gasteiger partial charge in [0.15, 0.2) is 0 Å². The summed E-state index contributed by atoms with van der Waals surface area (Å²) in [6.45, 7) is 3.73. The monoisotopic (exact) mass is 260 g/mol. The summed E-state index contributed by atoms with van der Waals surface area (Å²) in [6.07, 6.45) is 3.06. The quantitative estimate of drug-likeness (QED) is 0.885. The molecule has 0 saturated carbocycles. The van der Waals surface area contributed by atoms with Gasteiger partial charge in [-0.2, -0.15) is 0 Å². The maximum atomic E-state index is 11.6. The lowest BCUT2D eigenvalue weighted by Gasteiger charge is -2.17. The third kappa shape index (κ3) is 4.09. The van der Waals surface area contributed by atoms with Gasteiger partial charge in [0.05, 0.1) is 0 Å². The van der Waals surface area contributed by atoms with Crippen molar-refractivity contribution in [1.82, 2.24) is 0 Å². The fourth-order valence-electron chi connectivity index (χ4n) is 2.24. The molecule has 1 amide bonds. The number of carbonyl (C=O) groups excluding carboxylic acids is 2. The van der Waals surface area contributed by atoms with Gasteiger partial charge in [-0.05, 0) is 44.0 Å². The van der Waals surface area contributed by atoms with Crippen LogP contribution in [0.15, 0.2) is 24.3 Å². The predicted octanol–water partition coefficient (Wildman–Crippen LogP) is 2.59. The molecule has 1 aromatic carbocycles. The van der Waals surface area contributed by atoms with Crippen LogP contribution in [0, 0.1) is 0 Å². The number of amides is 1. The fourth-order valence-corrected chi connectivity index (χ4v) is 2.24. The lowest BCUT2D eigenvalue weighted by atomic mass is 10.2. The van der Waals surface area contributed by atoms with E-state index in [9.17, 15) is 9.59 Å². The van der Waals surface area contributed by atoms with Gasteiger partial charge in [-0.25, -0.2) is 0 Å². The molecule has 0 radical (unpaired) electrons. The predicted molar refractivity (Wildman–Crippen MR) is 76.4 cm³/mol. The number of carbonyl (C=O) groups is 2. The highest BCUT2D eigenvalue weighted by atomic mass is 16.2. The van der Waals surface area contributed by atoms with Crippen LogP contribution in [-0.2, 0) is 9.59 Å². The molecule has 0 atom stereocenters. The van der Waals surface area contributed by atoms with E-state index < -0.39 is 0 Å². The third-order valence-corrected chi connectivity index (χ3v) is 3.33. The molecule has 19 heavy (non-hydrogen) atoms. The zero-order valence-electron chi connectivity index (χ0n) is 11.3. The maximum Gasteiger partial charge on any atom is 0.224 e. The minimum atomic E-state index is -0.107. The van der Waals surface area contributed by atoms with Gasteiger partial charge in [-0.15, -0.1) is 0 Å². The number of nitrogens with one attached hydrogen (secondary N) is 1. The number of anilines is 2. The first-order valence-corrected chi connectivity index (χ1v) is 6.79. The molecular formula is C15H20N2O2. The zero-order chi connectivity index (χ0) is 13.7. The molecule has 1 saturated heterocycles. The molecule has 2 rings (SSSR count). The summed E-state index contributed by atoms with van der Waals surface area (Å²) in [5.41, 5.74) is 2.00. The Bertz CT molecular complexity index is 448. The Labute approximate surface area is 113 Å². The summed E-state index contributed by atoms with van der Waals surface area (Å²) < 4.78 is 0. The first-order chi connectivity index (χ1) is 9.15. The van der Waals surface area contributed by atoms with Crippen molar-refractivity contribution in [2.24, 2.45) is 0 Å². The van der Waals surface area contributed by atoms with E-state index in [1.807, 2.05) is 24.3 Å². The van der Waals surface area contributed by atoms with Gasteiger partial charge < -0.3 is 15.0 Å². The molecular weight excluding hydrogens is 240 g/mol. The molecule has 1 heterocycles. The zero-order valence-corrected chi connectivity index (χ0v) is 11.3. The van der Waals surface area contributed by atoms with Crippen LogP contribution in [0.25, 0.3) is 0 Å². The molecule has 0 spiro atoms. The minimum Gasteiger partial charge on any atom is -0.372 e. The Kier molecular flexibility index (Phi) is 4.55. The van der Waals surface area contributed by atoms with Crippen molar-refractivity contribution in [3.8, 4) is 0 Å². The number of Topliss-reactive ketones (excluding diaryl/α,β-unsaturated/α-hetero) is 1. The standard InChI is InChI=1S/C15H20N2O2/c1-12(18)4-9-15(19)16-13-5-7-14(8-6-13)17-10-2-3-11-17/h5-8H,2-4,9-11H2,1H3,(H,16,19). The van der Waals surface area contributed by atoms with Gasteiger partial charge in [0.2, 0.25) is 5.91 Å². The number of rotatable bonds is 5. The van der Waals surface area contributed by atoms with E-state index in [0.29, 0.717) is 6.42 Å². The molecule has 0 aliphatic carbocycles. The van der Waals surface area contributed by atoms with Gasteiger partial charge in [0, 0.05) is 37.3 Å². The highest BCUT2D eigenvalue weighted by Crippen LogP contribution is 2.22. The van der Waals surface area contributed by atoms with Crippen LogP contribution in [0.2, 0.25) is 0 Å². The van der Waals surface area contributed by atoms with Crippen LogP contribution in [0.1, 0.15) is 32.6 Å². The molecule has 1 aliphatic heterocycles. The lowest BCUT2D eigenvalue weighted by Crippen LogP contribution is -2.17. The Hall–Kier alpha value is -1.84.